The van der Waals surface area contributed by atoms with Crippen LogP contribution < -0.4 is 5.32 Å². The van der Waals surface area contributed by atoms with Crippen LogP contribution in [0.5, 0.6) is 0 Å². The van der Waals surface area contributed by atoms with Crippen molar-refractivity contribution in [2.24, 2.45) is 7.05 Å². The Bertz CT molecular complexity index is 1100. The van der Waals surface area contributed by atoms with Crippen molar-refractivity contribution in [2.75, 3.05) is 12.9 Å². The van der Waals surface area contributed by atoms with Crippen molar-refractivity contribution in [1.82, 2.24) is 40.6 Å². The summed E-state index contributed by atoms with van der Waals surface area (Å²) in [7, 11) is 3.09. The van der Waals surface area contributed by atoms with E-state index in [2.05, 4.69) is 43.6 Å². The van der Waals surface area contributed by atoms with Crippen molar-refractivity contribution < 1.29 is 28.8 Å². The molecular formula is C16H18N8O6S2. The first-order valence-corrected chi connectivity index (χ1v) is 10.8. The summed E-state index contributed by atoms with van der Waals surface area (Å²) in [5, 5.41) is 26.0. The van der Waals surface area contributed by atoms with Crippen LogP contribution in [-0.2, 0) is 39.2 Å². The lowest BCUT2D eigenvalue weighted by atomic mass is 10.0. The van der Waals surface area contributed by atoms with Gasteiger partial charge in [-0.25, -0.2) is 9.48 Å². The number of hydrogen-bond donors (Lipinski definition) is 3. The molecule has 2 N–H and O–H groups in total. The van der Waals surface area contributed by atoms with Crippen LogP contribution >= 0.6 is 24.4 Å². The number of nitrogens with one attached hydrogen (secondary N) is 1. The first-order chi connectivity index (χ1) is 15.3. The fourth-order valence-electron chi connectivity index (χ4n) is 3.39. The molecule has 2 aromatic rings. The van der Waals surface area contributed by atoms with E-state index in [0.29, 0.717) is 17.2 Å². The van der Waals surface area contributed by atoms with E-state index in [0.717, 1.165) is 4.90 Å². The van der Waals surface area contributed by atoms with Gasteiger partial charge in [0.2, 0.25) is 11.8 Å². The molecule has 0 saturated carbocycles. The first kappa shape index (κ1) is 22.2. The van der Waals surface area contributed by atoms with E-state index in [1.54, 1.807) is 7.05 Å². The molecule has 2 aliphatic heterocycles. The number of β-lactam (4-membered cyclic amide) rings is 1. The van der Waals surface area contributed by atoms with E-state index in [-0.39, 0.29) is 30.4 Å². The van der Waals surface area contributed by atoms with Gasteiger partial charge in [0.25, 0.3) is 5.91 Å². The Morgan fingerprint density at radius 3 is 2.91 bits per heavy atom. The second-order valence-corrected chi connectivity index (χ2v) is 8.53. The molecule has 1 fully saturated rings. The highest BCUT2D eigenvalue weighted by molar-refractivity contribution is 8.00. The van der Waals surface area contributed by atoms with E-state index >= 15 is 0 Å². The molecule has 14 nitrogen and oxygen atoms in total. The molecule has 2 amide bonds. The number of methoxy groups -OCH3 is 1. The van der Waals surface area contributed by atoms with E-state index in [1.165, 1.54) is 23.6 Å². The molecule has 4 rings (SSSR count). The second kappa shape index (κ2) is 8.87. The minimum Gasteiger partial charge on any atom is -0.477 e. The Morgan fingerprint density at radius 1 is 1.47 bits per heavy atom. The number of thioether (sulfide) groups is 1. The maximum Gasteiger partial charge on any atom is 0.352 e. The van der Waals surface area contributed by atoms with Crippen molar-refractivity contribution in [1.29, 1.82) is 0 Å². The van der Waals surface area contributed by atoms with Crippen LogP contribution in [0.1, 0.15) is 22.8 Å². The molecule has 32 heavy (non-hydrogen) atoms. The molecule has 170 valence electrons. The molecule has 0 bridgehead atoms. The number of ether oxygens (including phenoxy) is 1. The molecule has 4 heterocycles. The van der Waals surface area contributed by atoms with Gasteiger partial charge in [0.15, 0.2) is 11.6 Å². The number of hydrogen-bond acceptors (Lipinski definition) is 12. The van der Waals surface area contributed by atoms with Crippen molar-refractivity contribution in [3.63, 3.8) is 0 Å². The van der Waals surface area contributed by atoms with Crippen molar-refractivity contribution in [3.8, 4) is 0 Å². The summed E-state index contributed by atoms with van der Waals surface area (Å²) >= 11 is 5.81. The smallest absolute Gasteiger partial charge is 0.352 e. The van der Waals surface area contributed by atoms with Gasteiger partial charge < -0.3 is 19.7 Å². The second-order valence-electron chi connectivity index (χ2n) is 6.91. The molecule has 0 radical (unpaired) electrons. The van der Waals surface area contributed by atoms with Gasteiger partial charge in [-0.2, -0.15) is 17.6 Å². The van der Waals surface area contributed by atoms with Crippen LogP contribution in [0.15, 0.2) is 15.8 Å². The highest BCUT2D eigenvalue weighted by atomic mass is 32.2. The Hall–Kier alpha value is -2.98. The minimum atomic E-state index is -1.27. The zero-order valence-corrected chi connectivity index (χ0v) is 18.5. The first-order valence-electron chi connectivity index (χ1n) is 9.23. The number of carbonyl (C=O) groups excluding carboxylic acids is 2. The molecule has 3 atom stereocenters. The zero-order chi connectivity index (χ0) is 23.0. The number of fused-ring (bicyclic) bond motifs is 1. The number of rotatable bonds is 8. The van der Waals surface area contributed by atoms with Crippen LogP contribution in [0.3, 0.4) is 0 Å². The average Bonchev–Trinajstić information content (AvgIpc) is 3.39. The summed E-state index contributed by atoms with van der Waals surface area (Å²) < 4.78 is 11.2. The number of tetrazole rings is 1. The molecule has 0 aromatic carbocycles. The molecule has 1 saturated heterocycles. The average molecular weight is 483 g/mol. The van der Waals surface area contributed by atoms with Crippen LogP contribution in [0.4, 0.5) is 0 Å². The standard InChI is InChI=1S/C16H18N8O6S2/c1-23-13(19-21-22-23)12(31)6-5-32-15-10(14(26)24(15)11(6)16(27)28)18-8(25)3-9-17-7(4-29-2)20-30-9/h10,12,15,31H,3-5H2,1-2H3,(H,18,25)(H,27,28). The Kier molecular flexibility index (Phi) is 6.16. The maximum absolute atomic E-state index is 12.8. The third kappa shape index (κ3) is 3.95. The maximum atomic E-state index is 12.8. The van der Waals surface area contributed by atoms with E-state index in [9.17, 15) is 19.5 Å². The summed E-state index contributed by atoms with van der Waals surface area (Å²) in [5.41, 5.74) is 0.225. The largest absolute Gasteiger partial charge is 0.477 e. The monoisotopic (exact) mass is 482 g/mol. The Balaban J connectivity index is 1.47. The lowest BCUT2D eigenvalue weighted by Crippen LogP contribution is -2.70. The summed E-state index contributed by atoms with van der Waals surface area (Å²) in [4.78, 5) is 42.3. The number of aryl methyl sites for hydroxylation is 1. The summed E-state index contributed by atoms with van der Waals surface area (Å²) in [6, 6.07) is -0.875. The van der Waals surface area contributed by atoms with Gasteiger partial charge in [-0.3, -0.25) is 14.5 Å². The fraction of sp³-hybridized carbons (Fsp3) is 0.500. The summed E-state index contributed by atoms with van der Waals surface area (Å²) in [5.74, 6) is -1.30. The van der Waals surface area contributed by atoms with Gasteiger partial charge in [-0.15, -0.1) is 16.9 Å². The highest BCUT2D eigenvalue weighted by Crippen LogP contribution is 2.44. The summed E-state index contributed by atoms with van der Waals surface area (Å²) in [6.45, 7) is 0.142. The topological polar surface area (TPSA) is 178 Å². The number of thiol groups is 1. The number of carboxylic acid groups (broad SMARTS) is 1. The number of carbonyl (C=O) groups is 3. The van der Waals surface area contributed by atoms with Gasteiger partial charge >= 0.3 is 5.97 Å². The van der Waals surface area contributed by atoms with Gasteiger partial charge in [-0.1, -0.05) is 5.16 Å². The van der Waals surface area contributed by atoms with Crippen molar-refractivity contribution in [3.05, 3.63) is 28.8 Å². The molecule has 2 aromatic heterocycles. The summed E-state index contributed by atoms with van der Waals surface area (Å²) in [6.07, 6.45) is -0.220. The molecule has 16 heteroatoms. The minimum absolute atomic E-state index is 0.0816. The Morgan fingerprint density at radius 2 is 2.25 bits per heavy atom. The number of carboxylic acids is 1. The fourth-order valence-corrected chi connectivity index (χ4v) is 5.33. The molecule has 2 aliphatic rings. The van der Waals surface area contributed by atoms with Crippen LogP contribution in [0.2, 0.25) is 0 Å². The Labute approximate surface area is 190 Å². The predicted octanol–water partition coefficient (Wildman–Crippen LogP) is -1.31. The van der Waals surface area contributed by atoms with E-state index < -0.39 is 34.4 Å². The number of aromatic nitrogens is 6. The van der Waals surface area contributed by atoms with Crippen molar-refractivity contribution in [2.45, 2.75) is 29.7 Å². The zero-order valence-electron chi connectivity index (χ0n) is 16.8. The predicted molar refractivity (Wildman–Crippen MR) is 109 cm³/mol. The van der Waals surface area contributed by atoms with Crippen LogP contribution in [-0.4, -0.2) is 82.4 Å². The third-order valence-electron chi connectivity index (χ3n) is 4.84. The molecule has 0 spiro atoms. The highest BCUT2D eigenvalue weighted by Gasteiger charge is 2.54. The van der Waals surface area contributed by atoms with Crippen LogP contribution in [0, 0.1) is 0 Å². The van der Waals surface area contributed by atoms with E-state index in [4.69, 9.17) is 9.26 Å². The normalized spacial score (nSPS) is 21.2. The van der Waals surface area contributed by atoms with Gasteiger partial charge in [0.05, 0.1) is 5.25 Å². The quantitative estimate of drug-likeness (QED) is 0.299. The van der Waals surface area contributed by atoms with E-state index in [1.807, 2.05) is 0 Å². The molecule has 0 aliphatic carbocycles. The van der Waals surface area contributed by atoms with Crippen molar-refractivity contribution >= 4 is 42.2 Å². The number of aliphatic carboxylic acids is 1. The number of amides is 2. The molecule has 3 unspecified atom stereocenters. The van der Waals surface area contributed by atoms with Gasteiger partial charge in [-0.05, 0) is 16.0 Å². The van der Waals surface area contributed by atoms with Crippen LogP contribution in [0.25, 0.3) is 0 Å². The van der Waals surface area contributed by atoms with Gasteiger partial charge in [0, 0.05) is 19.9 Å². The lowest BCUT2D eigenvalue weighted by molar-refractivity contribution is -0.150. The SMILES string of the molecule is COCc1noc(CC(=O)NC2C(=O)N3C(C(=O)O)=C(C(S)c4nnnn4C)CSC23)n1. The number of nitrogens with zero attached hydrogens (tertiary/aromatic N) is 7. The van der Waals surface area contributed by atoms with Gasteiger partial charge in [0.1, 0.15) is 30.1 Å². The molecular weight excluding hydrogens is 464 g/mol. The third-order valence-corrected chi connectivity index (χ3v) is 6.68. The lowest BCUT2D eigenvalue weighted by Gasteiger charge is -2.49.